The highest BCUT2D eigenvalue weighted by atomic mass is 16.8. The first-order chi connectivity index (χ1) is 31.2. The number of carbonyl (C=O) groups excluding carboxylic acids is 1. The van der Waals surface area contributed by atoms with Crippen LogP contribution in [0, 0.1) is 34.5 Å². The lowest BCUT2D eigenvalue weighted by Gasteiger charge is -2.65. The van der Waals surface area contributed by atoms with Gasteiger partial charge in [0.15, 0.2) is 25.2 Å². The van der Waals surface area contributed by atoms with Crippen LogP contribution in [-0.2, 0) is 47.4 Å². The second-order valence-electron chi connectivity index (χ2n) is 21.6. The molecule has 5 aliphatic heterocycles. The maximum Gasteiger partial charge on any atom is 0.331 e. The molecule has 9 aliphatic rings. The highest BCUT2D eigenvalue weighted by Gasteiger charge is 2.71. The molecule has 8 fully saturated rings. The molecule has 66 heavy (non-hydrogen) atoms. The molecule has 9 N–H and O–H groups in total. The van der Waals surface area contributed by atoms with Gasteiger partial charge < -0.3 is 88.6 Å². The predicted molar refractivity (Wildman–Crippen MR) is 225 cm³/mol. The van der Waals surface area contributed by atoms with E-state index >= 15 is 0 Å². The summed E-state index contributed by atoms with van der Waals surface area (Å²) >= 11 is 0. The van der Waals surface area contributed by atoms with Crippen molar-refractivity contribution in [3.63, 3.8) is 0 Å². The molecule has 5 heterocycles. The number of aliphatic hydroxyl groups is 9. The number of cyclic esters (lactones) is 1. The molecule has 0 amide bonds. The molecular formula is C47H74O19. The van der Waals surface area contributed by atoms with Crippen LogP contribution in [0.2, 0.25) is 0 Å². The molecular weight excluding hydrogens is 868 g/mol. The Morgan fingerprint density at radius 3 is 1.77 bits per heavy atom. The fourth-order valence-electron chi connectivity index (χ4n) is 14.3. The van der Waals surface area contributed by atoms with Crippen LogP contribution in [0.1, 0.15) is 105 Å². The van der Waals surface area contributed by atoms with E-state index in [9.17, 15) is 50.8 Å². The largest absolute Gasteiger partial charge is 0.458 e. The zero-order valence-electron chi connectivity index (χ0n) is 38.7. The van der Waals surface area contributed by atoms with Crippen molar-refractivity contribution in [2.45, 2.75) is 228 Å². The molecule has 0 aromatic carbocycles. The van der Waals surface area contributed by atoms with Gasteiger partial charge in [0.25, 0.3) is 0 Å². The van der Waals surface area contributed by atoms with E-state index in [4.69, 9.17) is 42.6 Å². The predicted octanol–water partition coefficient (Wildman–Crippen LogP) is 0.0423. The normalized spacial score (nSPS) is 55.3. The van der Waals surface area contributed by atoms with Crippen molar-refractivity contribution in [3.05, 3.63) is 11.6 Å². The summed E-state index contributed by atoms with van der Waals surface area (Å²) in [5.74, 6) is 0.0825. The van der Waals surface area contributed by atoms with E-state index < -0.39 is 128 Å². The number of ether oxygens (including phenoxy) is 9. The molecule has 19 heteroatoms. The van der Waals surface area contributed by atoms with Gasteiger partial charge in [0, 0.05) is 30.8 Å². The summed E-state index contributed by atoms with van der Waals surface area (Å²) in [5.41, 5.74) is -0.989. The number of hydrogen-bond acceptors (Lipinski definition) is 19. The third-order valence-electron chi connectivity index (χ3n) is 18.1. The minimum absolute atomic E-state index is 0.0188. The summed E-state index contributed by atoms with van der Waals surface area (Å²) in [5, 5.41) is 98.4. The summed E-state index contributed by atoms with van der Waals surface area (Å²) < 4.78 is 53.9. The molecule has 6 unspecified atom stereocenters. The summed E-state index contributed by atoms with van der Waals surface area (Å²) in [4.78, 5) is 12.0. The first-order valence-corrected chi connectivity index (χ1v) is 24.5. The van der Waals surface area contributed by atoms with E-state index in [1.54, 1.807) is 19.9 Å². The molecule has 4 saturated carbocycles. The van der Waals surface area contributed by atoms with E-state index in [0.29, 0.717) is 18.8 Å². The first-order valence-electron chi connectivity index (χ1n) is 24.5. The molecule has 4 aliphatic carbocycles. The average molecular weight is 943 g/mol. The number of carbonyl (C=O) groups is 1. The van der Waals surface area contributed by atoms with Crippen LogP contribution in [0.5, 0.6) is 0 Å². The lowest BCUT2D eigenvalue weighted by Crippen LogP contribution is -2.67. The van der Waals surface area contributed by atoms with Gasteiger partial charge in [-0.25, -0.2) is 4.79 Å². The zero-order chi connectivity index (χ0) is 47.2. The van der Waals surface area contributed by atoms with E-state index in [0.717, 1.165) is 44.1 Å². The van der Waals surface area contributed by atoms with Crippen LogP contribution in [0.3, 0.4) is 0 Å². The van der Waals surface area contributed by atoms with Gasteiger partial charge in [0.05, 0.1) is 61.0 Å². The molecule has 0 radical (unpaired) electrons. The lowest BCUT2D eigenvalue weighted by molar-refractivity contribution is -0.355. The molecule has 376 valence electrons. The van der Waals surface area contributed by atoms with Gasteiger partial charge in [-0.15, -0.1) is 0 Å². The van der Waals surface area contributed by atoms with E-state index in [2.05, 4.69) is 6.92 Å². The number of aliphatic hydroxyl groups excluding tert-OH is 8. The minimum Gasteiger partial charge on any atom is -0.458 e. The van der Waals surface area contributed by atoms with Gasteiger partial charge in [0.1, 0.15) is 49.3 Å². The highest BCUT2D eigenvalue weighted by Crippen LogP contribution is 2.70. The Bertz CT molecular complexity index is 1720. The molecule has 0 bridgehead atoms. The maximum absolute atomic E-state index is 12.6. The average Bonchev–Trinajstić information content (AvgIpc) is 3.82. The second kappa shape index (κ2) is 18.9. The monoisotopic (exact) mass is 942 g/mol. The molecule has 26 atom stereocenters. The molecule has 19 nitrogen and oxygen atoms in total. The van der Waals surface area contributed by atoms with Gasteiger partial charge in [-0.1, -0.05) is 13.8 Å². The second-order valence-corrected chi connectivity index (χ2v) is 21.6. The molecule has 0 spiro atoms. The van der Waals surface area contributed by atoms with Gasteiger partial charge in [0.2, 0.25) is 0 Å². The third kappa shape index (κ3) is 8.64. The Morgan fingerprint density at radius 1 is 0.652 bits per heavy atom. The summed E-state index contributed by atoms with van der Waals surface area (Å²) in [7, 11) is 0. The van der Waals surface area contributed by atoms with Crippen LogP contribution >= 0.6 is 0 Å². The molecule has 0 aromatic heterocycles. The zero-order valence-corrected chi connectivity index (χ0v) is 38.7. The Balaban J connectivity index is 0.737. The number of rotatable bonds is 10. The topological polar surface area (TPSA) is 282 Å². The van der Waals surface area contributed by atoms with Crippen molar-refractivity contribution in [3.8, 4) is 0 Å². The van der Waals surface area contributed by atoms with Gasteiger partial charge in [-0.3, -0.25) is 0 Å². The van der Waals surface area contributed by atoms with Crippen LogP contribution < -0.4 is 0 Å². The van der Waals surface area contributed by atoms with Gasteiger partial charge in [-0.2, -0.15) is 0 Å². The van der Waals surface area contributed by atoms with E-state index in [1.165, 1.54) is 0 Å². The molecule has 0 aromatic rings. The van der Waals surface area contributed by atoms with Crippen LogP contribution in [0.4, 0.5) is 0 Å². The quantitative estimate of drug-likeness (QED) is 0.103. The van der Waals surface area contributed by atoms with Gasteiger partial charge >= 0.3 is 5.97 Å². The Hall–Kier alpha value is -1.47. The molecule has 4 saturated heterocycles. The lowest BCUT2D eigenvalue weighted by atomic mass is 9.42. The molecule has 9 rings (SSSR count). The SMILES string of the molecule is C[C@H]1OC(OC2[C@@H](O)C[C@H](O[C@H]3CC[C@]4(C)C5C[C@@H](O)[C@]6(C)[C@@H](C7=CC(=O)OC7)CC[C@]6(O)[C@@H]5CC[C@H]4C3)O[C@@H]2C)C[C@H](O)C1OC1C[C@H](O)C(O[C@@H]2O[C@H](CO)[C@@H](O)[C@H](O)[C@H]2O)[C@@H](C)O1. The summed E-state index contributed by atoms with van der Waals surface area (Å²) in [6.07, 6.45) is -10.8. The first kappa shape index (κ1) is 49.5. The third-order valence-corrected chi connectivity index (χ3v) is 18.1. The van der Waals surface area contributed by atoms with E-state index in [-0.39, 0.29) is 61.1 Å². The van der Waals surface area contributed by atoms with Crippen molar-refractivity contribution >= 4 is 5.97 Å². The summed E-state index contributed by atoms with van der Waals surface area (Å²) in [6.45, 7) is 9.11. The fraction of sp³-hybridized carbons (Fsp3) is 0.936. The van der Waals surface area contributed by atoms with Crippen molar-refractivity contribution in [2.75, 3.05) is 13.2 Å². The Morgan fingerprint density at radius 2 is 1.23 bits per heavy atom. The fourth-order valence-corrected chi connectivity index (χ4v) is 14.3. The van der Waals surface area contributed by atoms with Crippen LogP contribution in [0.25, 0.3) is 0 Å². The number of hydrogen-bond donors (Lipinski definition) is 9. The highest BCUT2D eigenvalue weighted by molar-refractivity contribution is 5.85. The van der Waals surface area contributed by atoms with Crippen molar-refractivity contribution in [2.24, 2.45) is 34.5 Å². The smallest absolute Gasteiger partial charge is 0.331 e. The van der Waals surface area contributed by atoms with Crippen LogP contribution in [-0.4, -0.2) is 187 Å². The summed E-state index contributed by atoms with van der Waals surface area (Å²) in [6, 6.07) is 0. The Labute approximate surface area is 385 Å². The van der Waals surface area contributed by atoms with Crippen molar-refractivity contribution in [1.82, 2.24) is 0 Å². The number of fused-ring (bicyclic) bond motifs is 5. The van der Waals surface area contributed by atoms with Crippen molar-refractivity contribution in [1.29, 1.82) is 0 Å². The maximum atomic E-state index is 12.6. The standard InChI is InChI=1S/C47H74O19/c1-20-41(64-36-16-30(50)42(21(2)60-36)65-37-17-31(51)43(22(3)61-37)66-44-40(56)39(55)38(54)32(18-48)63-44)29(49)15-35(59-20)62-25-8-10-45(4)24(13-25)6-7-27-28(45)14-33(52)46(5)26(9-11-47(27,46)57)23-12-34(53)58-19-23/h12,20-22,24-33,35-44,48-52,54-57H,6-11,13-19H2,1-5H3/t20-,21-,22-,24+,25+,26-,27-,28?,29+,30+,31+,32-,33-,35+,36?,37?,38-,39+,40-,41?,42?,43?,44+,45+,46+,47+/m1/s1. The minimum atomic E-state index is -1.65. The van der Waals surface area contributed by atoms with Crippen molar-refractivity contribution < 1.29 is 93.4 Å². The van der Waals surface area contributed by atoms with Gasteiger partial charge in [-0.05, 0) is 107 Å². The van der Waals surface area contributed by atoms with Crippen LogP contribution in [0.15, 0.2) is 11.6 Å². The van der Waals surface area contributed by atoms with E-state index in [1.807, 2.05) is 13.8 Å². The Kier molecular flexibility index (Phi) is 14.2. The number of esters is 1.